The Hall–Kier alpha value is -2.53. The first kappa shape index (κ1) is 31.4. The third kappa shape index (κ3) is 7.85. The lowest BCUT2D eigenvalue weighted by Crippen LogP contribution is -2.56. The molecule has 1 unspecified atom stereocenters. The van der Waals surface area contributed by atoms with Crippen LogP contribution in [0.25, 0.3) is 0 Å². The number of piperazine rings is 1. The number of nitrogens with one attached hydrogen (secondary N) is 1. The van der Waals surface area contributed by atoms with Gasteiger partial charge in [-0.3, -0.25) is 9.59 Å². The van der Waals surface area contributed by atoms with Gasteiger partial charge < -0.3 is 24.8 Å². The average molecular weight is 616 g/mol. The molecule has 0 aromatic heterocycles. The summed E-state index contributed by atoms with van der Waals surface area (Å²) >= 11 is 12.5. The van der Waals surface area contributed by atoms with Gasteiger partial charge in [-0.15, -0.1) is 0 Å². The second kappa shape index (κ2) is 13.6. The van der Waals surface area contributed by atoms with Crippen LogP contribution in [0.15, 0.2) is 36.4 Å². The number of rotatable bonds is 10. The number of halogens is 5. The first-order valence-corrected chi connectivity index (χ1v) is 14.4. The molecule has 0 spiro atoms. The Labute approximate surface area is 248 Å². The average Bonchev–Trinajstić information content (AvgIpc) is 3.36. The van der Waals surface area contributed by atoms with Gasteiger partial charge in [-0.1, -0.05) is 29.3 Å². The fourth-order valence-corrected chi connectivity index (χ4v) is 5.89. The number of benzene rings is 2. The SMILES string of the molecule is COC[C@H](C)NCc1cc(C(F)(F)F)ccc1N1CCN(C(=O)C(Cc2ccc(Cl)cc2Cl)N2CCCC2=O)CC1. The molecule has 2 aliphatic heterocycles. The molecule has 2 amide bonds. The van der Waals surface area contributed by atoms with Crippen molar-refractivity contribution in [3.05, 3.63) is 63.1 Å². The maximum atomic E-state index is 13.8. The van der Waals surface area contributed by atoms with Crippen molar-refractivity contribution in [3.63, 3.8) is 0 Å². The Morgan fingerprint density at radius 1 is 1.05 bits per heavy atom. The molecule has 2 fully saturated rings. The number of methoxy groups -OCH3 is 1. The van der Waals surface area contributed by atoms with Crippen molar-refractivity contribution in [2.45, 2.75) is 51.0 Å². The van der Waals surface area contributed by atoms with E-state index in [0.717, 1.165) is 11.6 Å². The van der Waals surface area contributed by atoms with E-state index in [-0.39, 0.29) is 30.8 Å². The van der Waals surface area contributed by atoms with Gasteiger partial charge in [0.05, 0.1) is 12.2 Å². The monoisotopic (exact) mass is 614 g/mol. The van der Waals surface area contributed by atoms with Crippen LogP contribution in [0, 0.1) is 0 Å². The minimum Gasteiger partial charge on any atom is -0.383 e. The smallest absolute Gasteiger partial charge is 0.383 e. The van der Waals surface area contributed by atoms with Gasteiger partial charge in [-0.2, -0.15) is 13.2 Å². The van der Waals surface area contributed by atoms with Gasteiger partial charge >= 0.3 is 6.18 Å². The molecule has 4 rings (SSSR count). The molecule has 2 atom stereocenters. The van der Waals surface area contributed by atoms with Crippen molar-refractivity contribution < 1.29 is 27.5 Å². The zero-order chi connectivity index (χ0) is 29.7. The summed E-state index contributed by atoms with van der Waals surface area (Å²) in [4.78, 5) is 31.9. The van der Waals surface area contributed by atoms with E-state index in [1.54, 1.807) is 35.1 Å². The molecule has 2 aromatic rings. The number of ether oxygens (including phenoxy) is 1. The standard InChI is InChI=1S/C29H35Cl2F3N4O3/c1-19(18-41-2)35-17-21-14-22(29(32,33)34)6-8-25(21)36-10-12-37(13-11-36)28(40)26(38-9-3-4-27(38)39)15-20-5-7-23(30)16-24(20)31/h5-8,14,16,19,26,35H,3-4,9-13,15,17-18H2,1-2H3/t19-,26?/m0/s1. The Morgan fingerprint density at radius 3 is 2.39 bits per heavy atom. The Morgan fingerprint density at radius 2 is 1.78 bits per heavy atom. The van der Waals surface area contributed by atoms with Crippen LogP contribution in [-0.2, 0) is 33.5 Å². The lowest BCUT2D eigenvalue weighted by Gasteiger charge is -2.40. The third-order valence-corrected chi connectivity index (χ3v) is 8.18. The van der Waals surface area contributed by atoms with Gasteiger partial charge in [0.15, 0.2) is 0 Å². The predicted octanol–water partition coefficient (Wildman–Crippen LogP) is 5.02. The fraction of sp³-hybridized carbons (Fsp3) is 0.517. The van der Waals surface area contributed by atoms with Crippen LogP contribution in [-0.4, -0.2) is 80.1 Å². The number of carbonyl (C=O) groups is 2. The zero-order valence-electron chi connectivity index (χ0n) is 23.1. The summed E-state index contributed by atoms with van der Waals surface area (Å²) in [5.41, 5.74) is 1.25. The van der Waals surface area contributed by atoms with Crippen LogP contribution in [0.5, 0.6) is 0 Å². The molecular weight excluding hydrogens is 580 g/mol. The highest BCUT2D eigenvalue weighted by molar-refractivity contribution is 6.35. The Bertz CT molecular complexity index is 1240. The maximum absolute atomic E-state index is 13.8. The third-order valence-electron chi connectivity index (χ3n) is 7.60. The van der Waals surface area contributed by atoms with Crippen molar-refractivity contribution in [2.75, 3.05) is 51.3 Å². The number of hydrogen-bond donors (Lipinski definition) is 1. The molecule has 0 bridgehead atoms. The summed E-state index contributed by atoms with van der Waals surface area (Å²) in [7, 11) is 1.57. The van der Waals surface area contributed by atoms with Crippen LogP contribution < -0.4 is 10.2 Å². The van der Waals surface area contributed by atoms with Crippen LogP contribution in [0.3, 0.4) is 0 Å². The number of anilines is 1. The summed E-state index contributed by atoms with van der Waals surface area (Å²) in [5, 5.41) is 4.15. The van der Waals surface area contributed by atoms with Gasteiger partial charge in [-0.05, 0) is 54.8 Å². The van der Waals surface area contributed by atoms with E-state index in [4.69, 9.17) is 27.9 Å². The molecule has 0 aliphatic carbocycles. The zero-order valence-corrected chi connectivity index (χ0v) is 24.7. The molecule has 12 heteroatoms. The van der Waals surface area contributed by atoms with Crippen LogP contribution in [0.4, 0.5) is 18.9 Å². The summed E-state index contributed by atoms with van der Waals surface area (Å²) in [6.07, 6.45) is -3.08. The number of carbonyl (C=O) groups excluding carboxylic acids is 2. The van der Waals surface area contributed by atoms with Crippen molar-refractivity contribution in [2.24, 2.45) is 0 Å². The second-order valence-corrected chi connectivity index (χ2v) is 11.4. The van der Waals surface area contributed by atoms with Crippen molar-refractivity contribution in [1.29, 1.82) is 0 Å². The van der Waals surface area contributed by atoms with E-state index >= 15 is 0 Å². The van der Waals surface area contributed by atoms with E-state index in [1.807, 2.05) is 11.8 Å². The van der Waals surface area contributed by atoms with Crippen molar-refractivity contribution in [1.82, 2.24) is 15.1 Å². The van der Waals surface area contributed by atoms with Gasteiger partial charge in [0, 0.05) is 81.0 Å². The summed E-state index contributed by atoms with van der Waals surface area (Å²) < 4.78 is 45.6. The number of alkyl halides is 3. The number of nitrogens with zero attached hydrogens (tertiary/aromatic N) is 3. The molecule has 2 saturated heterocycles. The van der Waals surface area contributed by atoms with Gasteiger partial charge in [0.2, 0.25) is 11.8 Å². The minimum absolute atomic E-state index is 0.0452. The Balaban J connectivity index is 1.49. The lowest BCUT2D eigenvalue weighted by molar-refractivity contribution is -0.143. The van der Waals surface area contributed by atoms with Gasteiger partial charge in [0.1, 0.15) is 6.04 Å². The second-order valence-electron chi connectivity index (χ2n) is 10.5. The first-order valence-electron chi connectivity index (χ1n) is 13.7. The molecule has 0 saturated carbocycles. The van der Waals surface area contributed by atoms with E-state index in [2.05, 4.69) is 5.32 Å². The van der Waals surface area contributed by atoms with E-state index in [9.17, 15) is 22.8 Å². The molecule has 41 heavy (non-hydrogen) atoms. The number of likely N-dealkylation sites (tertiary alicyclic amines) is 1. The molecule has 2 heterocycles. The molecule has 2 aliphatic rings. The maximum Gasteiger partial charge on any atom is 0.416 e. The molecule has 224 valence electrons. The summed E-state index contributed by atoms with van der Waals surface area (Å²) in [6, 6.07) is 8.16. The van der Waals surface area contributed by atoms with Crippen molar-refractivity contribution >= 4 is 40.7 Å². The Kier molecular flexibility index (Phi) is 10.4. The van der Waals surface area contributed by atoms with Gasteiger partial charge in [0.25, 0.3) is 0 Å². The molecule has 1 N–H and O–H groups in total. The predicted molar refractivity (Wildman–Crippen MR) is 153 cm³/mol. The fourth-order valence-electron chi connectivity index (χ4n) is 5.41. The topological polar surface area (TPSA) is 65.1 Å². The minimum atomic E-state index is -4.45. The summed E-state index contributed by atoms with van der Waals surface area (Å²) in [6.45, 7) is 4.71. The van der Waals surface area contributed by atoms with Crippen LogP contribution in [0.2, 0.25) is 10.0 Å². The van der Waals surface area contributed by atoms with Crippen LogP contribution in [0.1, 0.15) is 36.5 Å². The number of hydrogen-bond acceptors (Lipinski definition) is 5. The number of amides is 2. The van der Waals surface area contributed by atoms with Crippen LogP contribution >= 0.6 is 23.2 Å². The highest BCUT2D eigenvalue weighted by Crippen LogP contribution is 2.34. The molecule has 7 nitrogen and oxygen atoms in total. The molecule has 2 aromatic carbocycles. The molecule has 0 radical (unpaired) electrons. The van der Waals surface area contributed by atoms with Gasteiger partial charge in [-0.25, -0.2) is 0 Å². The first-order chi connectivity index (χ1) is 19.5. The lowest BCUT2D eigenvalue weighted by atomic mass is 10.0. The highest BCUT2D eigenvalue weighted by atomic mass is 35.5. The highest BCUT2D eigenvalue weighted by Gasteiger charge is 2.37. The quantitative estimate of drug-likeness (QED) is 0.407. The van der Waals surface area contributed by atoms with E-state index in [1.165, 1.54) is 12.1 Å². The largest absolute Gasteiger partial charge is 0.416 e. The van der Waals surface area contributed by atoms with E-state index in [0.29, 0.717) is 73.5 Å². The molecular formula is C29H35Cl2F3N4O3. The van der Waals surface area contributed by atoms with Crippen molar-refractivity contribution in [3.8, 4) is 0 Å². The summed E-state index contributed by atoms with van der Waals surface area (Å²) in [5.74, 6) is -0.217. The van der Waals surface area contributed by atoms with E-state index < -0.39 is 17.8 Å². The normalized spacial score (nSPS) is 17.7.